The van der Waals surface area contributed by atoms with E-state index in [0.717, 1.165) is 28.0 Å². The van der Waals surface area contributed by atoms with Crippen LogP contribution in [-0.2, 0) is 24.2 Å². The Hall–Kier alpha value is -2.53. The summed E-state index contributed by atoms with van der Waals surface area (Å²) in [5.74, 6) is 0.852. The maximum Gasteiger partial charge on any atom is 0.224 e. The first-order valence-corrected chi connectivity index (χ1v) is 11.0. The fraction of sp³-hybridized carbons (Fsp3) is 0.167. The van der Waals surface area contributed by atoms with E-state index in [1.54, 1.807) is 18.2 Å². The van der Waals surface area contributed by atoms with Crippen molar-refractivity contribution in [1.29, 1.82) is 0 Å². The van der Waals surface area contributed by atoms with Gasteiger partial charge in [0.2, 0.25) is 5.91 Å². The van der Waals surface area contributed by atoms with E-state index < -0.39 is 0 Å². The molecule has 1 aromatic heterocycles. The van der Waals surface area contributed by atoms with Gasteiger partial charge in [-0.2, -0.15) is 0 Å². The molecule has 0 radical (unpaired) electrons. The van der Waals surface area contributed by atoms with Gasteiger partial charge in [0.25, 0.3) is 0 Å². The number of amides is 1. The second-order valence-electron chi connectivity index (χ2n) is 7.24. The van der Waals surface area contributed by atoms with Gasteiger partial charge < -0.3 is 9.88 Å². The summed E-state index contributed by atoms with van der Waals surface area (Å²) in [6, 6.07) is 20.8. The molecule has 7 heteroatoms. The predicted octanol–water partition coefficient (Wildman–Crippen LogP) is 5.95. The Kier molecular flexibility index (Phi) is 6.81. The van der Waals surface area contributed by atoms with Crippen LogP contribution < -0.4 is 5.32 Å². The molecule has 0 aliphatic carbocycles. The number of rotatable bonds is 7. The maximum atomic E-state index is 12.3. The lowest BCUT2D eigenvalue weighted by atomic mass is 10.1. The van der Waals surface area contributed by atoms with E-state index in [4.69, 9.17) is 39.8 Å². The molecule has 4 rings (SSSR count). The molecule has 1 amide bonds. The highest BCUT2D eigenvalue weighted by atomic mass is 35.5. The molecule has 4 aromatic rings. The van der Waals surface area contributed by atoms with Gasteiger partial charge in [-0.25, -0.2) is 4.98 Å². The molecule has 0 saturated heterocycles. The highest BCUT2D eigenvalue weighted by Gasteiger charge is 2.13. The van der Waals surface area contributed by atoms with Gasteiger partial charge in [-0.3, -0.25) is 4.79 Å². The number of para-hydroxylation sites is 2. The van der Waals surface area contributed by atoms with Crippen molar-refractivity contribution < 1.29 is 4.79 Å². The molecule has 0 fully saturated rings. The smallest absolute Gasteiger partial charge is 0.224 e. The number of aromatic nitrogens is 2. The van der Waals surface area contributed by atoms with Gasteiger partial charge in [0.15, 0.2) is 0 Å². The van der Waals surface area contributed by atoms with E-state index in [0.29, 0.717) is 41.0 Å². The molecule has 31 heavy (non-hydrogen) atoms. The van der Waals surface area contributed by atoms with Crippen molar-refractivity contribution >= 4 is 51.7 Å². The zero-order valence-corrected chi connectivity index (χ0v) is 18.9. The second kappa shape index (κ2) is 9.73. The third-order valence-electron chi connectivity index (χ3n) is 5.03. The molecule has 0 atom stereocenters. The third-order valence-corrected chi connectivity index (χ3v) is 5.86. The average Bonchev–Trinajstić information content (AvgIpc) is 3.09. The lowest BCUT2D eigenvalue weighted by molar-refractivity contribution is -0.120. The van der Waals surface area contributed by atoms with Crippen LogP contribution in [0.4, 0.5) is 0 Å². The van der Waals surface area contributed by atoms with E-state index in [2.05, 4.69) is 9.88 Å². The van der Waals surface area contributed by atoms with Crippen LogP contribution in [0.15, 0.2) is 66.7 Å². The summed E-state index contributed by atoms with van der Waals surface area (Å²) < 4.78 is 2.13. The van der Waals surface area contributed by atoms with E-state index in [1.165, 1.54) is 0 Å². The van der Waals surface area contributed by atoms with Gasteiger partial charge in [-0.05, 0) is 47.5 Å². The molecule has 0 unspecified atom stereocenters. The number of nitrogens with one attached hydrogen (secondary N) is 1. The Bertz CT molecular complexity index is 1220. The molecule has 1 heterocycles. The van der Waals surface area contributed by atoms with Gasteiger partial charge in [0.05, 0.1) is 24.0 Å². The van der Waals surface area contributed by atoms with Crippen molar-refractivity contribution in [2.45, 2.75) is 19.4 Å². The van der Waals surface area contributed by atoms with Crippen LogP contribution in [0.1, 0.15) is 17.0 Å². The van der Waals surface area contributed by atoms with Crippen LogP contribution in [0, 0.1) is 0 Å². The number of carbonyl (C=O) groups is 1. The summed E-state index contributed by atoms with van der Waals surface area (Å²) in [7, 11) is 0. The molecule has 158 valence electrons. The van der Waals surface area contributed by atoms with Crippen LogP contribution in [0.5, 0.6) is 0 Å². The standard InChI is InChI=1S/C24H20Cl3N3O/c25-18-8-5-16(6-9-18)13-24(31)28-12-11-23-29-21-3-1-2-4-22(21)30(23)15-17-7-10-19(26)14-20(17)27/h1-10,14H,11-13,15H2,(H,28,31). The lowest BCUT2D eigenvalue weighted by Gasteiger charge is -2.12. The number of hydrogen-bond donors (Lipinski definition) is 1. The number of fused-ring (bicyclic) bond motifs is 1. The van der Waals surface area contributed by atoms with Crippen LogP contribution in [0.25, 0.3) is 11.0 Å². The molecule has 0 bridgehead atoms. The minimum atomic E-state index is -0.0364. The summed E-state index contributed by atoms with van der Waals surface area (Å²) in [6.07, 6.45) is 0.917. The van der Waals surface area contributed by atoms with Gasteiger partial charge in [-0.1, -0.05) is 65.1 Å². The molecule has 0 spiro atoms. The lowest BCUT2D eigenvalue weighted by Crippen LogP contribution is -2.28. The van der Waals surface area contributed by atoms with Crippen molar-refractivity contribution in [2.75, 3.05) is 6.54 Å². The largest absolute Gasteiger partial charge is 0.355 e. The monoisotopic (exact) mass is 471 g/mol. The summed E-state index contributed by atoms with van der Waals surface area (Å²) in [5, 5.41) is 4.86. The number of benzene rings is 3. The number of imidazole rings is 1. The molecule has 1 N–H and O–H groups in total. The predicted molar refractivity (Wildman–Crippen MR) is 127 cm³/mol. The average molecular weight is 473 g/mol. The van der Waals surface area contributed by atoms with Crippen molar-refractivity contribution in [3.63, 3.8) is 0 Å². The van der Waals surface area contributed by atoms with Gasteiger partial charge in [-0.15, -0.1) is 0 Å². The van der Waals surface area contributed by atoms with Crippen LogP contribution in [-0.4, -0.2) is 22.0 Å². The SMILES string of the molecule is O=C(Cc1ccc(Cl)cc1)NCCc1nc2ccccc2n1Cc1ccc(Cl)cc1Cl. The highest BCUT2D eigenvalue weighted by Crippen LogP contribution is 2.24. The topological polar surface area (TPSA) is 46.9 Å². The zero-order valence-electron chi connectivity index (χ0n) is 16.6. The fourth-order valence-corrected chi connectivity index (χ4v) is 4.07. The van der Waals surface area contributed by atoms with E-state index in [1.807, 2.05) is 48.5 Å². The van der Waals surface area contributed by atoms with Crippen molar-refractivity contribution in [3.05, 3.63) is 98.7 Å². The summed E-state index contributed by atoms with van der Waals surface area (Å²) in [5.41, 5.74) is 3.82. The summed E-state index contributed by atoms with van der Waals surface area (Å²) in [6.45, 7) is 1.06. The maximum absolute atomic E-state index is 12.3. The first kappa shape index (κ1) is 21.7. The Morgan fingerprint density at radius 3 is 2.45 bits per heavy atom. The first-order chi connectivity index (χ1) is 15.0. The minimum absolute atomic E-state index is 0.0364. The van der Waals surface area contributed by atoms with Gasteiger partial charge >= 0.3 is 0 Å². The normalized spacial score (nSPS) is 11.1. The molecular weight excluding hydrogens is 453 g/mol. The quantitative estimate of drug-likeness (QED) is 0.361. The number of halogens is 3. The van der Waals surface area contributed by atoms with Crippen molar-refractivity contribution in [2.24, 2.45) is 0 Å². The van der Waals surface area contributed by atoms with Crippen molar-refractivity contribution in [1.82, 2.24) is 14.9 Å². The Labute approximate surface area is 195 Å². The summed E-state index contributed by atoms with van der Waals surface area (Å²) in [4.78, 5) is 17.1. The number of nitrogens with zero attached hydrogens (tertiary/aromatic N) is 2. The summed E-state index contributed by atoms with van der Waals surface area (Å²) >= 11 is 18.3. The molecular formula is C24H20Cl3N3O. The van der Waals surface area contributed by atoms with Crippen molar-refractivity contribution in [3.8, 4) is 0 Å². The second-order valence-corrected chi connectivity index (χ2v) is 8.52. The first-order valence-electron chi connectivity index (χ1n) is 9.89. The van der Waals surface area contributed by atoms with Gasteiger partial charge in [0, 0.05) is 28.0 Å². The van der Waals surface area contributed by atoms with E-state index in [9.17, 15) is 4.79 Å². The molecule has 0 saturated carbocycles. The Morgan fingerprint density at radius 2 is 1.68 bits per heavy atom. The minimum Gasteiger partial charge on any atom is -0.355 e. The molecule has 0 aliphatic rings. The Balaban J connectivity index is 1.47. The van der Waals surface area contributed by atoms with Gasteiger partial charge in [0.1, 0.15) is 5.82 Å². The van der Waals surface area contributed by atoms with E-state index >= 15 is 0 Å². The van der Waals surface area contributed by atoms with Crippen LogP contribution in [0.3, 0.4) is 0 Å². The molecule has 3 aromatic carbocycles. The fourth-order valence-electron chi connectivity index (χ4n) is 3.48. The molecule has 4 nitrogen and oxygen atoms in total. The highest BCUT2D eigenvalue weighted by molar-refractivity contribution is 6.35. The van der Waals surface area contributed by atoms with E-state index in [-0.39, 0.29) is 5.91 Å². The third kappa shape index (κ3) is 5.40. The molecule has 0 aliphatic heterocycles. The number of hydrogen-bond acceptors (Lipinski definition) is 2. The number of carbonyl (C=O) groups excluding carboxylic acids is 1. The Morgan fingerprint density at radius 1 is 0.935 bits per heavy atom. The van der Waals surface area contributed by atoms with Crippen LogP contribution >= 0.6 is 34.8 Å². The van der Waals surface area contributed by atoms with Crippen LogP contribution in [0.2, 0.25) is 15.1 Å². The zero-order chi connectivity index (χ0) is 21.8.